The van der Waals surface area contributed by atoms with Crippen LogP contribution in [0.25, 0.3) is 6.08 Å². The normalized spacial score (nSPS) is 11.4. The van der Waals surface area contributed by atoms with E-state index in [0.29, 0.717) is 16.2 Å². The minimum Gasteiger partial charge on any atom is -0.288 e. The highest BCUT2D eigenvalue weighted by molar-refractivity contribution is 9.10. The lowest BCUT2D eigenvalue weighted by molar-refractivity contribution is 0.104. The molecular formula is C22H15Br2FOS. The lowest BCUT2D eigenvalue weighted by Crippen LogP contribution is -2.01. The number of Topliss-reactive ketones (excluding diaryl/α,β-unsaturated/α-hetero) is 1. The molecule has 0 saturated heterocycles. The topological polar surface area (TPSA) is 17.1 Å². The first-order valence-corrected chi connectivity index (χ1v) is 10.7. The van der Waals surface area contributed by atoms with Crippen molar-refractivity contribution in [2.45, 2.75) is 5.75 Å². The van der Waals surface area contributed by atoms with Gasteiger partial charge in [-0.15, -0.1) is 11.8 Å². The van der Waals surface area contributed by atoms with Crippen molar-refractivity contribution in [1.29, 1.82) is 0 Å². The third-order valence-corrected chi connectivity index (χ3v) is 5.95. The molecule has 0 aliphatic rings. The van der Waals surface area contributed by atoms with Crippen LogP contribution in [-0.2, 0) is 5.75 Å². The fourth-order valence-corrected chi connectivity index (χ4v) is 3.88. The third-order valence-electron chi connectivity index (χ3n) is 3.81. The second kappa shape index (κ2) is 9.49. The Morgan fingerprint density at radius 2 is 1.41 bits per heavy atom. The zero-order valence-corrected chi connectivity index (χ0v) is 18.2. The van der Waals surface area contributed by atoms with E-state index >= 15 is 0 Å². The van der Waals surface area contributed by atoms with Crippen molar-refractivity contribution in [3.05, 3.63) is 109 Å². The molecule has 3 aromatic rings. The van der Waals surface area contributed by atoms with Gasteiger partial charge in [0, 0.05) is 20.3 Å². The van der Waals surface area contributed by atoms with Crippen molar-refractivity contribution in [2.75, 3.05) is 0 Å². The molecular weight excluding hydrogens is 491 g/mol. The van der Waals surface area contributed by atoms with Gasteiger partial charge in [-0.1, -0.05) is 56.1 Å². The van der Waals surface area contributed by atoms with Crippen molar-refractivity contribution in [3.63, 3.8) is 0 Å². The van der Waals surface area contributed by atoms with Crippen LogP contribution < -0.4 is 0 Å². The van der Waals surface area contributed by atoms with Crippen LogP contribution in [0.1, 0.15) is 21.5 Å². The number of hydrogen-bond acceptors (Lipinski definition) is 2. The van der Waals surface area contributed by atoms with Crippen molar-refractivity contribution in [2.24, 2.45) is 0 Å². The van der Waals surface area contributed by atoms with Crippen molar-refractivity contribution in [1.82, 2.24) is 0 Å². The Hall–Kier alpha value is -1.69. The Kier molecular flexibility index (Phi) is 7.05. The maximum absolute atomic E-state index is 13.1. The van der Waals surface area contributed by atoms with E-state index in [9.17, 15) is 9.18 Å². The van der Waals surface area contributed by atoms with Gasteiger partial charge in [-0.2, -0.15) is 0 Å². The highest BCUT2D eigenvalue weighted by Crippen LogP contribution is 2.28. The zero-order chi connectivity index (χ0) is 19.2. The number of carbonyl (C=O) groups is 1. The molecule has 0 aliphatic carbocycles. The monoisotopic (exact) mass is 504 g/mol. The van der Waals surface area contributed by atoms with Crippen molar-refractivity contribution < 1.29 is 9.18 Å². The fourth-order valence-electron chi connectivity index (χ4n) is 2.37. The summed E-state index contributed by atoms with van der Waals surface area (Å²) in [6, 6.07) is 21.5. The number of hydrogen-bond donors (Lipinski definition) is 0. The van der Waals surface area contributed by atoms with Crippen molar-refractivity contribution >= 4 is 55.5 Å². The molecule has 0 unspecified atom stereocenters. The van der Waals surface area contributed by atoms with Gasteiger partial charge in [0.05, 0.1) is 4.91 Å². The van der Waals surface area contributed by atoms with Crippen LogP contribution in [0, 0.1) is 5.82 Å². The minimum absolute atomic E-state index is 0.0301. The summed E-state index contributed by atoms with van der Waals surface area (Å²) in [6.45, 7) is 0. The molecule has 0 amide bonds. The molecule has 3 aromatic carbocycles. The summed E-state index contributed by atoms with van der Waals surface area (Å²) in [6.07, 6.45) is 1.89. The first-order valence-electron chi connectivity index (χ1n) is 8.16. The highest BCUT2D eigenvalue weighted by Gasteiger charge is 2.14. The Bertz CT molecular complexity index is 949. The van der Waals surface area contributed by atoms with Gasteiger partial charge in [0.15, 0.2) is 5.78 Å². The number of rotatable bonds is 6. The molecule has 27 heavy (non-hydrogen) atoms. The number of halogens is 3. The molecule has 0 spiro atoms. The molecule has 0 aromatic heterocycles. The Morgan fingerprint density at radius 1 is 0.852 bits per heavy atom. The van der Waals surface area contributed by atoms with E-state index < -0.39 is 0 Å². The molecule has 1 nitrogen and oxygen atoms in total. The summed E-state index contributed by atoms with van der Waals surface area (Å²) in [5, 5.41) is 0. The summed E-state index contributed by atoms with van der Waals surface area (Å²) in [5.41, 5.74) is 2.55. The maximum Gasteiger partial charge on any atom is 0.199 e. The second-order valence-electron chi connectivity index (χ2n) is 5.81. The van der Waals surface area contributed by atoms with E-state index in [1.54, 1.807) is 24.3 Å². The Morgan fingerprint density at radius 3 is 2.00 bits per heavy atom. The lowest BCUT2D eigenvalue weighted by Gasteiger charge is -2.08. The quantitative estimate of drug-likeness (QED) is 0.254. The van der Waals surface area contributed by atoms with Gasteiger partial charge in [0.2, 0.25) is 0 Å². The molecule has 0 atom stereocenters. The summed E-state index contributed by atoms with van der Waals surface area (Å²) < 4.78 is 15.0. The van der Waals surface area contributed by atoms with E-state index in [4.69, 9.17) is 0 Å². The van der Waals surface area contributed by atoms with Crippen LogP contribution in [-0.4, -0.2) is 5.78 Å². The highest BCUT2D eigenvalue weighted by atomic mass is 79.9. The average Bonchev–Trinajstić information content (AvgIpc) is 2.68. The van der Waals surface area contributed by atoms with Crippen LogP contribution in [0.2, 0.25) is 0 Å². The summed E-state index contributed by atoms with van der Waals surface area (Å²) >= 11 is 8.27. The second-order valence-corrected chi connectivity index (χ2v) is 8.66. The number of ketones is 1. The van der Waals surface area contributed by atoms with E-state index in [1.165, 1.54) is 23.9 Å². The first kappa shape index (κ1) is 20.1. The van der Waals surface area contributed by atoms with E-state index in [0.717, 1.165) is 20.1 Å². The van der Waals surface area contributed by atoms with E-state index in [-0.39, 0.29) is 11.6 Å². The van der Waals surface area contributed by atoms with Crippen LogP contribution in [0.5, 0.6) is 0 Å². The van der Waals surface area contributed by atoms with Gasteiger partial charge in [0.1, 0.15) is 5.82 Å². The maximum atomic E-state index is 13.1. The Balaban J connectivity index is 1.87. The third kappa shape index (κ3) is 5.89. The molecule has 3 rings (SSSR count). The minimum atomic E-state index is -0.264. The molecule has 5 heteroatoms. The van der Waals surface area contributed by atoms with Gasteiger partial charge in [-0.25, -0.2) is 4.39 Å². The number of benzene rings is 3. The SMILES string of the molecule is O=C(C(=Cc1ccc(Br)cc1)SCc1ccc(F)cc1)c1ccc(Br)cc1. The molecule has 0 fully saturated rings. The van der Waals surface area contributed by atoms with E-state index in [1.807, 2.05) is 42.5 Å². The zero-order valence-electron chi connectivity index (χ0n) is 14.2. The van der Waals surface area contributed by atoms with Crippen molar-refractivity contribution in [3.8, 4) is 0 Å². The predicted molar refractivity (Wildman–Crippen MR) is 118 cm³/mol. The summed E-state index contributed by atoms with van der Waals surface area (Å²) in [4.78, 5) is 13.7. The molecule has 0 heterocycles. The molecule has 0 radical (unpaired) electrons. The summed E-state index contributed by atoms with van der Waals surface area (Å²) in [5.74, 6) is 0.295. The number of thioether (sulfide) groups is 1. The number of carbonyl (C=O) groups excluding carboxylic acids is 1. The van der Waals surface area contributed by atoms with Crippen LogP contribution in [0.15, 0.2) is 86.6 Å². The van der Waals surface area contributed by atoms with Gasteiger partial charge < -0.3 is 0 Å². The molecule has 0 saturated carbocycles. The standard InChI is InChI=1S/C22H15Br2FOS/c23-18-7-1-15(2-8-18)13-21(22(26)17-5-9-19(24)10-6-17)27-14-16-3-11-20(25)12-4-16/h1-13H,14H2. The number of allylic oxidation sites excluding steroid dienone is 1. The van der Waals surface area contributed by atoms with Crippen LogP contribution in [0.4, 0.5) is 4.39 Å². The smallest absolute Gasteiger partial charge is 0.199 e. The average molecular weight is 506 g/mol. The van der Waals surface area contributed by atoms with Gasteiger partial charge in [-0.3, -0.25) is 4.79 Å². The fraction of sp³-hybridized carbons (Fsp3) is 0.0455. The van der Waals surface area contributed by atoms with Crippen LogP contribution >= 0.6 is 43.6 Å². The molecule has 0 bridgehead atoms. The van der Waals surface area contributed by atoms with Gasteiger partial charge >= 0.3 is 0 Å². The predicted octanol–water partition coefficient (Wildman–Crippen LogP) is 7.51. The Labute approximate surface area is 179 Å². The summed E-state index contributed by atoms with van der Waals surface area (Å²) in [7, 11) is 0. The molecule has 136 valence electrons. The lowest BCUT2D eigenvalue weighted by atomic mass is 10.1. The van der Waals surface area contributed by atoms with E-state index in [2.05, 4.69) is 31.9 Å². The van der Waals surface area contributed by atoms with Gasteiger partial charge in [-0.05, 0) is 65.7 Å². The first-order chi connectivity index (χ1) is 13.0. The largest absolute Gasteiger partial charge is 0.288 e. The molecule has 0 aliphatic heterocycles. The van der Waals surface area contributed by atoms with Gasteiger partial charge in [0.25, 0.3) is 0 Å². The molecule has 0 N–H and O–H groups in total. The van der Waals surface area contributed by atoms with Crippen LogP contribution in [0.3, 0.4) is 0 Å².